The van der Waals surface area contributed by atoms with Gasteiger partial charge in [-0.25, -0.2) is 0 Å². The molecule has 1 rings (SSSR count). The molecule has 58 valence electrons. The second-order valence-corrected chi connectivity index (χ2v) is 4.02. The number of hydrogen-bond acceptors (Lipinski definition) is 1. The Morgan fingerprint density at radius 3 is 2.80 bits per heavy atom. The molecule has 0 spiro atoms. The Kier molecular flexibility index (Phi) is 2.35. The van der Waals surface area contributed by atoms with Crippen LogP contribution in [0.4, 0.5) is 0 Å². The van der Waals surface area contributed by atoms with Crippen molar-refractivity contribution in [2.75, 3.05) is 0 Å². The number of Topliss-reactive ketones (excluding diaryl/α,β-unsaturated/α-hetero) is 1. The summed E-state index contributed by atoms with van der Waals surface area (Å²) in [7, 11) is 0. The first-order chi connectivity index (χ1) is 4.63. The summed E-state index contributed by atoms with van der Waals surface area (Å²) in [5.74, 6) is 0.228. The summed E-state index contributed by atoms with van der Waals surface area (Å²) in [5.41, 5.74) is 0. The van der Waals surface area contributed by atoms with Crippen LogP contribution in [0, 0.1) is 0 Å². The van der Waals surface area contributed by atoms with Crippen molar-refractivity contribution in [3.63, 3.8) is 0 Å². The molecular weight excluding hydrogens is 148 g/mol. The van der Waals surface area contributed by atoms with Gasteiger partial charge in [-0.05, 0) is 19.8 Å². The lowest BCUT2D eigenvalue weighted by atomic mass is 10.0. The van der Waals surface area contributed by atoms with Crippen LogP contribution in [-0.4, -0.2) is 10.7 Å². The molecular formula is C8H13ClO. The standard InChI is InChI=1S/C8H13ClO/c1-8(9)6-4-2-3-5-7(8)10/h2-6H2,1H3/t8-/m0/s1. The van der Waals surface area contributed by atoms with Gasteiger partial charge in [0, 0.05) is 6.42 Å². The molecule has 10 heavy (non-hydrogen) atoms. The highest BCUT2D eigenvalue weighted by atomic mass is 35.5. The third-order valence-corrected chi connectivity index (χ3v) is 2.53. The van der Waals surface area contributed by atoms with Gasteiger partial charge in [0.1, 0.15) is 0 Å². The van der Waals surface area contributed by atoms with Crippen molar-refractivity contribution in [2.45, 2.75) is 43.9 Å². The summed E-state index contributed by atoms with van der Waals surface area (Å²) in [6, 6.07) is 0. The highest BCUT2D eigenvalue weighted by Gasteiger charge is 2.30. The smallest absolute Gasteiger partial charge is 0.153 e. The number of ketones is 1. The fourth-order valence-corrected chi connectivity index (χ4v) is 1.55. The Bertz CT molecular complexity index is 140. The van der Waals surface area contributed by atoms with E-state index in [1.54, 1.807) is 0 Å². The van der Waals surface area contributed by atoms with Crippen LogP contribution in [0.1, 0.15) is 39.0 Å². The summed E-state index contributed by atoms with van der Waals surface area (Å²) in [5, 5.41) is 0. The normalized spacial score (nSPS) is 35.6. The zero-order valence-corrected chi connectivity index (χ0v) is 7.08. The van der Waals surface area contributed by atoms with Crippen LogP contribution in [-0.2, 0) is 4.79 Å². The molecule has 2 heteroatoms. The number of carbonyl (C=O) groups excluding carboxylic acids is 1. The number of hydrogen-bond donors (Lipinski definition) is 0. The van der Waals surface area contributed by atoms with E-state index in [0.717, 1.165) is 25.7 Å². The van der Waals surface area contributed by atoms with Gasteiger partial charge in [-0.1, -0.05) is 12.8 Å². The third kappa shape index (κ3) is 1.72. The fourth-order valence-electron chi connectivity index (χ4n) is 1.32. The van der Waals surface area contributed by atoms with E-state index in [-0.39, 0.29) is 5.78 Å². The maximum Gasteiger partial charge on any atom is 0.153 e. The van der Waals surface area contributed by atoms with E-state index in [0.29, 0.717) is 6.42 Å². The Morgan fingerprint density at radius 2 is 2.10 bits per heavy atom. The zero-order chi connectivity index (χ0) is 7.61. The van der Waals surface area contributed by atoms with Crippen molar-refractivity contribution in [3.8, 4) is 0 Å². The largest absolute Gasteiger partial charge is 0.298 e. The summed E-state index contributed by atoms with van der Waals surface area (Å²) < 4.78 is 0. The van der Waals surface area contributed by atoms with Crippen LogP contribution < -0.4 is 0 Å². The molecule has 1 fully saturated rings. The van der Waals surface area contributed by atoms with Gasteiger partial charge in [-0.3, -0.25) is 4.79 Å². The Morgan fingerprint density at radius 1 is 1.40 bits per heavy atom. The predicted molar refractivity (Wildman–Crippen MR) is 42.4 cm³/mol. The lowest BCUT2D eigenvalue weighted by Crippen LogP contribution is -2.26. The van der Waals surface area contributed by atoms with Crippen molar-refractivity contribution < 1.29 is 4.79 Å². The molecule has 0 saturated heterocycles. The molecule has 0 radical (unpaired) electrons. The van der Waals surface area contributed by atoms with Crippen LogP contribution >= 0.6 is 11.6 Å². The highest BCUT2D eigenvalue weighted by molar-refractivity contribution is 6.34. The van der Waals surface area contributed by atoms with E-state index in [4.69, 9.17) is 11.6 Å². The van der Waals surface area contributed by atoms with Crippen molar-refractivity contribution in [1.82, 2.24) is 0 Å². The van der Waals surface area contributed by atoms with E-state index < -0.39 is 4.87 Å². The second kappa shape index (κ2) is 2.91. The van der Waals surface area contributed by atoms with Gasteiger partial charge in [0.25, 0.3) is 0 Å². The summed E-state index contributed by atoms with van der Waals surface area (Å²) in [6.07, 6.45) is 4.83. The number of alkyl halides is 1. The molecule has 0 aromatic heterocycles. The van der Waals surface area contributed by atoms with Crippen molar-refractivity contribution in [2.24, 2.45) is 0 Å². The zero-order valence-electron chi connectivity index (χ0n) is 6.32. The first kappa shape index (κ1) is 8.06. The van der Waals surface area contributed by atoms with Gasteiger partial charge < -0.3 is 0 Å². The molecule has 0 bridgehead atoms. The maximum absolute atomic E-state index is 11.2. The van der Waals surface area contributed by atoms with Crippen molar-refractivity contribution in [3.05, 3.63) is 0 Å². The molecule has 1 nitrogen and oxygen atoms in total. The average molecular weight is 161 g/mol. The summed E-state index contributed by atoms with van der Waals surface area (Å²) in [4.78, 5) is 10.7. The molecule has 0 unspecified atom stereocenters. The van der Waals surface area contributed by atoms with Crippen LogP contribution in [0.5, 0.6) is 0 Å². The molecule has 0 amide bonds. The van der Waals surface area contributed by atoms with Crippen LogP contribution in [0.25, 0.3) is 0 Å². The van der Waals surface area contributed by atoms with Crippen molar-refractivity contribution >= 4 is 17.4 Å². The quantitative estimate of drug-likeness (QED) is 0.393. The highest BCUT2D eigenvalue weighted by Crippen LogP contribution is 2.29. The van der Waals surface area contributed by atoms with E-state index in [1.807, 2.05) is 6.92 Å². The minimum absolute atomic E-state index is 0.228. The lowest BCUT2D eigenvalue weighted by molar-refractivity contribution is -0.121. The molecule has 1 atom stereocenters. The van der Waals surface area contributed by atoms with E-state index in [9.17, 15) is 4.79 Å². The monoisotopic (exact) mass is 160 g/mol. The van der Waals surface area contributed by atoms with Gasteiger partial charge in [0.2, 0.25) is 0 Å². The minimum atomic E-state index is -0.545. The predicted octanol–water partition coefficient (Wildman–Crippen LogP) is 2.52. The van der Waals surface area contributed by atoms with Gasteiger partial charge in [-0.2, -0.15) is 0 Å². The third-order valence-electron chi connectivity index (χ3n) is 2.13. The molecule has 1 aliphatic carbocycles. The molecule has 1 saturated carbocycles. The van der Waals surface area contributed by atoms with E-state index >= 15 is 0 Å². The Hall–Kier alpha value is -0.0400. The summed E-state index contributed by atoms with van der Waals surface area (Å²) >= 11 is 5.98. The van der Waals surface area contributed by atoms with Gasteiger partial charge in [0.05, 0.1) is 4.87 Å². The van der Waals surface area contributed by atoms with Crippen LogP contribution in [0.3, 0.4) is 0 Å². The van der Waals surface area contributed by atoms with Gasteiger partial charge in [-0.15, -0.1) is 11.6 Å². The molecule has 0 aromatic carbocycles. The van der Waals surface area contributed by atoms with Crippen molar-refractivity contribution in [1.29, 1.82) is 0 Å². The van der Waals surface area contributed by atoms with Crippen LogP contribution in [0.2, 0.25) is 0 Å². The minimum Gasteiger partial charge on any atom is -0.298 e. The van der Waals surface area contributed by atoms with Gasteiger partial charge in [0.15, 0.2) is 5.78 Å². The second-order valence-electron chi connectivity index (χ2n) is 3.18. The Balaban J connectivity index is 2.61. The molecule has 0 aromatic rings. The van der Waals surface area contributed by atoms with E-state index in [1.165, 1.54) is 0 Å². The lowest BCUT2D eigenvalue weighted by Gasteiger charge is -2.16. The topological polar surface area (TPSA) is 17.1 Å². The Labute approximate surface area is 66.8 Å². The summed E-state index contributed by atoms with van der Waals surface area (Å²) in [6.45, 7) is 1.84. The van der Waals surface area contributed by atoms with Gasteiger partial charge >= 0.3 is 0 Å². The average Bonchev–Trinajstić information content (AvgIpc) is 1.96. The molecule has 0 heterocycles. The number of carbonyl (C=O) groups is 1. The number of halogens is 1. The number of rotatable bonds is 0. The first-order valence-corrected chi connectivity index (χ1v) is 4.23. The first-order valence-electron chi connectivity index (χ1n) is 3.85. The van der Waals surface area contributed by atoms with Crippen LogP contribution in [0.15, 0.2) is 0 Å². The molecule has 0 N–H and O–H groups in total. The molecule has 1 aliphatic rings. The van der Waals surface area contributed by atoms with E-state index in [2.05, 4.69) is 0 Å². The SMILES string of the molecule is C[C@]1(Cl)CCCCCC1=O. The fraction of sp³-hybridized carbons (Fsp3) is 0.875. The molecule has 0 aliphatic heterocycles. The maximum atomic E-state index is 11.2.